The first kappa shape index (κ1) is 16.0. The van der Waals surface area contributed by atoms with Crippen molar-refractivity contribution in [3.8, 4) is 0 Å². The molecule has 0 aliphatic carbocycles. The third-order valence-electron chi connectivity index (χ3n) is 3.07. The molecule has 1 rings (SSSR count). The molecule has 0 saturated heterocycles. The Morgan fingerprint density at radius 1 is 1.16 bits per heavy atom. The number of carboxylic acid groups (broad SMARTS) is 1. The fraction of sp³-hybridized carbons (Fsp3) is 0.667. The molecular weight excluding hydrogens is 258 g/mol. The fourth-order valence-corrected chi connectivity index (χ4v) is 2.67. The summed E-state index contributed by atoms with van der Waals surface area (Å²) < 4.78 is 0. The maximum Gasteiger partial charge on any atom is 0.345 e. The minimum Gasteiger partial charge on any atom is -0.477 e. The van der Waals surface area contributed by atoms with Crippen LogP contribution in [0.4, 0.5) is 5.00 Å². The molecule has 0 aromatic carbocycles. The zero-order valence-corrected chi connectivity index (χ0v) is 13.2. The van der Waals surface area contributed by atoms with Crippen LogP contribution in [0.3, 0.4) is 0 Å². The van der Waals surface area contributed by atoms with Gasteiger partial charge in [-0.15, -0.1) is 11.3 Å². The number of hydrogen-bond acceptors (Lipinski definition) is 3. The predicted octanol–water partition coefficient (Wildman–Crippen LogP) is 4.34. The lowest BCUT2D eigenvalue weighted by Crippen LogP contribution is -2.26. The lowest BCUT2D eigenvalue weighted by molar-refractivity contribution is 0.0702. The van der Waals surface area contributed by atoms with Gasteiger partial charge in [-0.3, -0.25) is 0 Å². The topological polar surface area (TPSA) is 40.5 Å². The van der Waals surface area contributed by atoms with Crippen LogP contribution in [0.2, 0.25) is 0 Å². The van der Waals surface area contributed by atoms with Crippen molar-refractivity contribution < 1.29 is 9.90 Å². The largest absolute Gasteiger partial charge is 0.477 e. The Bertz CT molecular complexity index is 387. The molecule has 0 spiro atoms. The molecule has 0 radical (unpaired) electrons. The summed E-state index contributed by atoms with van der Waals surface area (Å²) in [6.07, 6.45) is 2.27. The van der Waals surface area contributed by atoms with Crippen LogP contribution in [0, 0.1) is 11.8 Å². The maximum atomic E-state index is 11.0. The van der Waals surface area contributed by atoms with E-state index in [1.807, 2.05) is 6.07 Å². The van der Waals surface area contributed by atoms with Gasteiger partial charge in [-0.1, -0.05) is 27.7 Å². The van der Waals surface area contributed by atoms with Crippen molar-refractivity contribution in [3.05, 3.63) is 17.0 Å². The van der Waals surface area contributed by atoms with Crippen LogP contribution in [0.5, 0.6) is 0 Å². The van der Waals surface area contributed by atoms with Gasteiger partial charge >= 0.3 is 5.97 Å². The first-order valence-corrected chi connectivity index (χ1v) is 7.80. The van der Waals surface area contributed by atoms with E-state index in [1.165, 1.54) is 11.3 Å². The average Bonchev–Trinajstić information content (AvgIpc) is 2.77. The molecule has 3 nitrogen and oxygen atoms in total. The van der Waals surface area contributed by atoms with E-state index in [2.05, 4.69) is 32.6 Å². The first-order chi connectivity index (χ1) is 8.90. The Labute approximate surface area is 120 Å². The molecule has 0 saturated carbocycles. The highest BCUT2D eigenvalue weighted by atomic mass is 32.1. The highest BCUT2D eigenvalue weighted by Gasteiger charge is 2.13. The van der Waals surface area contributed by atoms with E-state index in [9.17, 15) is 4.79 Å². The Morgan fingerprint density at radius 3 is 2.05 bits per heavy atom. The molecule has 0 amide bonds. The van der Waals surface area contributed by atoms with Crippen molar-refractivity contribution in [3.63, 3.8) is 0 Å². The number of anilines is 1. The van der Waals surface area contributed by atoms with Crippen LogP contribution in [-0.2, 0) is 0 Å². The van der Waals surface area contributed by atoms with Crippen LogP contribution >= 0.6 is 11.3 Å². The van der Waals surface area contributed by atoms with Crippen molar-refractivity contribution >= 4 is 22.3 Å². The minimum atomic E-state index is -0.830. The third-order valence-corrected chi connectivity index (χ3v) is 4.20. The molecule has 0 unspecified atom stereocenters. The normalized spacial score (nSPS) is 11.3. The smallest absolute Gasteiger partial charge is 0.345 e. The van der Waals surface area contributed by atoms with Crippen molar-refractivity contribution in [2.24, 2.45) is 11.8 Å². The summed E-state index contributed by atoms with van der Waals surface area (Å²) in [7, 11) is 0. The molecule has 4 heteroatoms. The van der Waals surface area contributed by atoms with Gasteiger partial charge in [-0.2, -0.15) is 0 Å². The number of carbonyl (C=O) groups is 1. The zero-order valence-electron chi connectivity index (χ0n) is 12.3. The van der Waals surface area contributed by atoms with Gasteiger partial charge in [0, 0.05) is 13.1 Å². The van der Waals surface area contributed by atoms with E-state index in [1.54, 1.807) is 6.07 Å². The summed E-state index contributed by atoms with van der Waals surface area (Å²) in [5.74, 6) is 0.504. The summed E-state index contributed by atoms with van der Waals surface area (Å²) in [6, 6.07) is 3.65. The third kappa shape index (κ3) is 5.64. The van der Waals surface area contributed by atoms with E-state index >= 15 is 0 Å². The quantitative estimate of drug-likeness (QED) is 0.771. The number of hydrogen-bond donors (Lipinski definition) is 1. The van der Waals surface area contributed by atoms with E-state index in [0.29, 0.717) is 16.7 Å². The van der Waals surface area contributed by atoms with Crippen LogP contribution in [0.1, 0.15) is 50.2 Å². The second-order valence-corrected chi connectivity index (χ2v) is 6.86. The first-order valence-electron chi connectivity index (χ1n) is 6.98. The van der Waals surface area contributed by atoms with Crippen molar-refractivity contribution in [2.75, 3.05) is 18.0 Å². The monoisotopic (exact) mass is 283 g/mol. The molecular formula is C15H25NO2S. The van der Waals surface area contributed by atoms with E-state index in [4.69, 9.17) is 5.11 Å². The Kier molecular flexibility index (Phi) is 6.35. The Balaban J connectivity index is 2.72. The minimum absolute atomic E-state index is 0.425. The summed E-state index contributed by atoms with van der Waals surface area (Å²) in [5, 5.41) is 10.1. The number of thiophene rings is 1. The van der Waals surface area contributed by atoms with Crippen LogP contribution < -0.4 is 4.90 Å². The molecule has 0 bridgehead atoms. The highest BCUT2D eigenvalue weighted by Crippen LogP contribution is 2.27. The molecule has 1 aromatic heterocycles. The average molecular weight is 283 g/mol. The fourth-order valence-electron chi connectivity index (χ4n) is 1.77. The zero-order chi connectivity index (χ0) is 14.4. The summed E-state index contributed by atoms with van der Waals surface area (Å²) in [6.45, 7) is 10.9. The summed E-state index contributed by atoms with van der Waals surface area (Å²) in [5.41, 5.74) is 0. The van der Waals surface area contributed by atoms with Crippen LogP contribution in [-0.4, -0.2) is 24.2 Å². The highest BCUT2D eigenvalue weighted by molar-refractivity contribution is 7.17. The molecule has 19 heavy (non-hydrogen) atoms. The van der Waals surface area contributed by atoms with Crippen molar-refractivity contribution in [1.82, 2.24) is 0 Å². The molecule has 1 heterocycles. The number of carboxylic acids is 1. The number of aromatic carboxylic acids is 1. The molecule has 0 atom stereocenters. The van der Waals surface area contributed by atoms with Gasteiger partial charge in [0.2, 0.25) is 0 Å². The molecule has 108 valence electrons. The van der Waals surface area contributed by atoms with E-state index in [-0.39, 0.29) is 0 Å². The van der Waals surface area contributed by atoms with Gasteiger partial charge < -0.3 is 10.0 Å². The summed E-state index contributed by atoms with van der Waals surface area (Å²) >= 11 is 1.38. The molecule has 1 N–H and O–H groups in total. The molecule has 1 aromatic rings. The van der Waals surface area contributed by atoms with Gasteiger partial charge in [0.25, 0.3) is 0 Å². The molecule has 0 aliphatic rings. The van der Waals surface area contributed by atoms with Gasteiger partial charge in [0.15, 0.2) is 0 Å². The maximum absolute atomic E-state index is 11.0. The van der Waals surface area contributed by atoms with E-state index in [0.717, 1.165) is 30.9 Å². The number of rotatable bonds is 8. The second kappa shape index (κ2) is 7.53. The Hall–Kier alpha value is -1.03. The Morgan fingerprint density at radius 2 is 1.68 bits per heavy atom. The van der Waals surface area contributed by atoms with Crippen LogP contribution in [0.15, 0.2) is 12.1 Å². The molecule has 0 aliphatic heterocycles. The van der Waals surface area contributed by atoms with Crippen LogP contribution in [0.25, 0.3) is 0 Å². The molecule has 0 fully saturated rings. The lowest BCUT2D eigenvalue weighted by Gasteiger charge is -2.24. The standard InChI is InChI=1S/C15H25NO2S/c1-11(2)7-9-16(10-8-12(3)4)14-6-5-13(19-14)15(17)18/h5-6,11-12H,7-10H2,1-4H3,(H,17,18). The predicted molar refractivity (Wildman–Crippen MR) is 82.4 cm³/mol. The number of nitrogens with zero attached hydrogens (tertiary/aromatic N) is 1. The summed E-state index contributed by atoms with van der Waals surface area (Å²) in [4.78, 5) is 13.7. The van der Waals surface area contributed by atoms with Gasteiger partial charge in [-0.05, 0) is 36.8 Å². The second-order valence-electron chi connectivity index (χ2n) is 5.80. The van der Waals surface area contributed by atoms with Crippen molar-refractivity contribution in [2.45, 2.75) is 40.5 Å². The lowest BCUT2D eigenvalue weighted by atomic mass is 10.1. The van der Waals surface area contributed by atoms with Gasteiger partial charge in [0.1, 0.15) is 4.88 Å². The van der Waals surface area contributed by atoms with E-state index < -0.39 is 5.97 Å². The van der Waals surface area contributed by atoms with Crippen molar-refractivity contribution in [1.29, 1.82) is 0 Å². The van der Waals surface area contributed by atoms with Gasteiger partial charge in [0.05, 0.1) is 5.00 Å². The van der Waals surface area contributed by atoms with Gasteiger partial charge in [-0.25, -0.2) is 4.79 Å². The SMILES string of the molecule is CC(C)CCN(CCC(C)C)c1ccc(C(=O)O)s1.